The Labute approximate surface area is 190 Å². The lowest BCUT2D eigenvalue weighted by atomic mass is 9.86. The molecule has 3 aromatic carbocycles. The van der Waals surface area contributed by atoms with Crippen molar-refractivity contribution >= 4 is 17.3 Å². The number of amides is 1. The Morgan fingerprint density at radius 3 is 2.12 bits per heavy atom. The number of ether oxygens (including phenoxy) is 1. The summed E-state index contributed by atoms with van der Waals surface area (Å²) in [5.74, 6) is 2.90. The molecule has 2 fully saturated rings. The molecular weight excluding hydrogens is 396 g/mol. The molecule has 0 spiro atoms. The van der Waals surface area contributed by atoms with E-state index in [0.29, 0.717) is 18.3 Å². The first-order chi connectivity index (χ1) is 15.8. The van der Waals surface area contributed by atoms with Gasteiger partial charge in [-0.3, -0.25) is 4.79 Å². The minimum absolute atomic E-state index is 0.246. The average Bonchev–Trinajstić information content (AvgIpc) is 3.06. The smallest absolute Gasteiger partial charge is 0.227 e. The van der Waals surface area contributed by atoms with E-state index in [-0.39, 0.29) is 5.91 Å². The summed E-state index contributed by atoms with van der Waals surface area (Å²) in [6.07, 6.45) is 4.22. The van der Waals surface area contributed by atoms with Crippen LogP contribution in [0.3, 0.4) is 0 Å². The van der Waals surface area contributed by atoms with E-state index in [1.54, 1.807) is 0 Å². The predicted octanol–water partition coefficient (Wildman–Crippen LogP) is 6.14. The van der Waals surface area contributed by atoms with Crippen LogP contribution in [0.15, 0.2) is 84.9 Å². The third kappa shape index (κ3) is 4.64. The van der Waals surface area contributed by atoms with Gasteiger partial charge in [0.25, 0.3) is 0 Å². The van der Waals surface area contributed by atoms with Gasteiger partial charge in [0, 0.05) is 37.4 Å². The largest absolute Gasteiger partial charge is 0.457 e. The second-order valence-electron chi connectivity index (χ2n) is 8.89. The number of hydrogen-bond acceptors (Lipinski definition) is 3. The lowest BCUT2D eigenvalue weighted by Gasteiger charge is -2.24. The fourth-order valence-corrected chi connectivity index (χ4v) is 5.11. The molecule has 3 aromatic rings. The number of benzene rings is 3. The molecule has 5 rings (SSSR count). The highest BCUT2D eigenvalue weighted by Crippen LogP contribution is 2.36. The number of hydrogen-bond donors (Lipinski definition) is 0. The zero-order chi connectivity index (χ0) is 21.8. The maximum absolute atomic E-state index is 12.9. The second-order valence-corrected chi connectivity index (χ2v) is 8.89. The van der Waals surface area contributed by atoms with Crippen molar-refractivity contribution in [3.8, 4) is 11.5 Å². The van der Waals surface area contributed by atoms with Crippen molar-refractivity contribution in [2.45, 2.75) is 25.7 Å². The first-order valence-electron chi connectivity index (χ1n) is 11.7. The van der Waals surface area contributed by atoms with Crippen molar-refractivity contribution in [1.82, 2.24) is 0 Å². The minimum Gasteiger partial charge on any atom is -0.457 e. The molecule has 0 aliphatic carbocycles. The molecule has 164 valence electrons. The Balaban J connectivity index is 1.20. The Hall–Kier alpha value is -3.27. The quantitative estimate of drug-likeness (QED) is 0.491. The van der Waals surface area contributed by atoms with Crippen LogP contribution in [0.1, 0.15) is 25.7 Å². The van der Waals surface area contributed by atoms with Crippen molar-refractivity contribution < 1.29 is 9.53 Å². The summed E-state index contributed by atoms with van der Waals surface area (Å²) in [4.78, 5) is 17.3. The van der Waals surface area contributed by atoms with Crippen LogP contribution in [-0.4, -0.2) is 25.5 Å². The van der Waals surface area contributed by atoms with E-state index in [1.807, 2.05) is 59.5 Å². The molecule has 4 heteroatoms. The Morgan fingerprint density at radius 1 is 0.688 bits per heavy atom. The van der Waals surface area contributed by atoms with Gasteiger partial charge in [-0.2, -0.15) is 0 Å². The summed E-state index contributed by atoms with van der Waals surface area (Å²) < 4.78 is 5.89. The van der Waals surface area contributed by atoms with Crippen molar-refractivity contribution in [1.29, 1.82) is 0 Å². The summed E-state index contributed by atoms with van der Waals surface area (Å²) in [7, 11) is 0. The van der Waals surface area contributed by atoms with E-state index in [0.717, 1.165) is 43.2 Å². The number of carbonyl (C=O) groups is 1. The maximum atomic E-state index is 12.9. The molecule has 2 unspecified atom stereocenters. The predicted molar refractivity (Wildman–Crippen MR) is 129 cm³/mol. The van der Waals surface area contributed by atoms with Gasteiger partial charge in [-0.1, -0.05) is 36.4 Å². The summed E-state index contributed by atoms with van der Waals surface area (Å²) in [6, 6.07) is 28.4. The molecule has 2 heterocycles. The number of nitrogens with zero attached hydrogens (tertiary/aromatic N) is 2. The van der Waals surface area contributed by atoms with Gasteiger partial charge in [-0.05, 0) is 79.6 Å². The summed E-state index contributed by atoms with van der Waals surface area (Å²) >= 11 is 0. The lowest BCUT2D eigenvalue weighted by Crippen LogP contribution is -2.26. The maximum Gasteiger partial charge on any atom is 0.227 e. The lowest BCUT2D eigenvalue weighted by molar-refractivity contribution is -0.117. The Bertz CT molecular complexity index is 1020. The van der Waals surface area contributed by atoms with Gasteiger partial charge >= 0.3 is 0 Å². The van der Waals surface area contributed by atoms with Crippen LogP contribution in [0.5, 0.6) is 11.5 Å². The molecular formula is C28H30N2O2. The molecule has 2 atom stereocenters. The summed E-state index contributed by atoms with van der Waals surface area (Å²) in [6.45, 7) is 3.01. The van der Waals surface area contributed by atoms with Crippen LogP contribution >= 0.6 is 0 Å². The Morgan fingerprint density at radius 2 is 1.38 bits per heavy atom. The highest BCUT2D eigenvalue weighted by atomic mass is 16.5. The van der Waals surface area contributed by atoms with Crippen molar-refractivity contribution in [2.24, 2.45) is 11.8 Å². The topological polar surface area (TPSA) is 32.8 Å². The van der Waals surface area contributed by atoms with Crippen LogP contribution in [0.4, 0.5) is 11.4 Å². The van der Waals surface area contributed by atoms with Gasteiger partial charge in [0.05, 0.1) is 0 Å². The molecule has 0 radical (unpaired) electrons. The van der Waals surface area contributed by atoms with Crippen molar-refractivity contribution in [2.75, 3.05) is 29.4 Å². The SMILES string of the molecule is O=C1CC(C2CCCN(c3ccccc3)CC2)CN1c1ccc(Oc2ccccc2)cc1. The average molecular weight is 427 g/mol. The van der Waals surface area contributed by atoms with Crippen molar-refractivity contribution in [3.05, 3.63) is 84.9 Å². The van der Waals surface area contributed by atoms with Crippen LogP contribution in [-0.2, 0) is 4.79 Å². The van der Waals surface area contributed by atoms with Gasteiger partial charge in [-0.15, -0.1) is 0 Å². The van der Waals surface area contributed by atoms with E-state index < -0.39 is 0 Å². The van der Waals surface area contributed by atoms with Gasteiger partial charge < -0.3 is 14.5 Å². The monoisotopic (exact) mass is 426 g/mol. The van der Waals surface area contributed by atoms with E-state index >= 15 is 0 Å². The number of para-hydroxylation sites is 2. The van der Waals surface area contributed by atoms with Crippen LogP contribution < -0.4 is 14.5 Å². The van der Waals surface area contributed by atoms with E-state index in [4.69, 9.17) is 4.74 Å². The molecule has 4 nitrogen and oxygen atoms in total. The standard InChI is InChI=1S/C28H30N2O2/c31-28-20-23(22-8-7-18-29(19-17-22)24-9-3-1-4-10-24)21-30(28)25-13-15-27(16-14-25)32-26-11-5-2-6-12-26/h1-6,9-16,22-23H,7-8,17-21H2. The highest BCUT2D eigenvalue weighted by molar-refractivity contribution is 5.95. The molecule has 32 heavy (non-hydrogen) atoms. The molecule has 0 bridgehead atoms. The summed E-state index contributed by atoms with van der Waals surface area (Å²) in [5, 5.41) is 0. The highest BCUT2D eigenvalue weighted by Gasteiger charge is 2.36. The normalized spacial score (nSPS) is 21.4. The first-order valence-corrected chi connectivity index (χ1v) is 11.7. The first kappa shape index (κ1) is 20.6. The fourth-order valence-electron chi connectivity index (χ4n) is 5.11. The van der Waals surface area contributed by atoms with Gasteiger partial charge in [-0.25, -0.2) is 0 Å². The molecule has 2 aliphatic rings. The molecule has 0 saturated carbocycles. The van der Waals surface area contributed by atoms with Crippen LogP contribution in [0.2, 0.25) is 0 Å². The molecule has 1 amide bonds. The minimum atomic E-state index is 0.246. The molecule has 0 aromatic heterocycles. The van der Waals surface area contributed by atoms with Gasteiger partial charge in [0.2, 0.25) is 5.91 Å². The Kier molecular flexibility index (Phi) is 6.11. The molecule has 0 N–H and O–H groups in total. The van der Waals surface area contributed by atoms with Crippen molar-refractivity contribution in [3.63, 3.8) is 0 Å². The summed E-state index contributed by atoms with van der Waals surface area (Å²) in [5.41, 5.74) is 2.28. The third-order valence-electron chi connectivity index (χ3n) is 6.84. The zero-order valence-electron chi connectivity index (χ0n) is 18.4. The van der Waals surface area contributed by atoms with Gasteiger partial charge in [0.15, 0.2) is 0 Å². The van der Waals surface area contributed by atoms with E-state index in [2.05, 4.69) is 35.2 Å². The molecule has 2 saturated heterocycles. The number of rotatable bonds is 5. The van der Waals surface area contributed by atoms with Crippen LogP contribution in [0, 0.1) is 11.8 Å². The van der Waals surface area contributed by atoms with Crippen LogP contribution in [0.25, 0.3) is 0 Å². The molecule has 2 aliphatic heterocycles. The number of carbonyl (C=O) groups excluding carboxylic acids is 1. The van der Waals surface area contributed by atoms with Gasteiger partial charge in [0.1, 0.15) is 11.5 Å². The second kappa shape index (κ2) is 9.47. The fraction of sp³-hybridized carbons (Fsp3) is 0.321. The third-order valence-corrected chi connectivity index (χ3v) is 6.84. The number of anilines is 2. The van der Waals surface area contributed by atoms with E-state index in [1.165, 1.54) is 18.5 Å². The zero-order valence-corrected chi connectivity index (χ0v) is 18.4. The van der Waals surface area contributed by atoms with E-state index in [9.17, 15) is 4.79 Å².